The van der Waals surface area contributed by atoms with Gasteiger partial charge < -0.3 is 20.3 Å². The van der Waals surface area contributed by atoms with E-state index < -0.39 is 5.75 Å². The molecule has 1 aliphatic carbocycles. The molecule has 1 saturated carbocycles. The molecule has 1 aliphatic rings. The van der Waals surface area contributed by atoms with Gasteiger partial charge in [-0.2, -0.15) is 0 Å². The number of carbonyl (C=O) groups excluding carboxylic acids is 1. The van der Waals surface area contributed by atoms with Crippen molar-refractivity contribution in [3.63, 3.8) is 0 Å². The largest absolute Gasteiger partial charge is 0.504 e. The van der Waals surface area contributed by atoms with Crippen molar-refractivity contribution in [3.05, 3.63) is 17.7 Å². The molecule has 0 saturated heterocycles. The monoisotopic (exact) mass is 279 g/mol. The molecule has 1 aromatic carbocycles. The normalized spacial score (nSPS) is 17.1. The number of ketones is 1. The molecule has 5 nitrogen and oxygen atoms in total. The zero-order valence-corrected chi connectivity index (χ0v) is 11.9. The van der Waals surface area contributed by atoms with Crippen LogP contribution in [0.2, 0.25) is 0 Å². The number of nitrogens with one attached hydrogen (secondary N) is 1. The van der Waals surface area contributed by atoms with Gasteiger partial charge in [-0.1, -0.05) is 12.8 Å². The maximum atomic E-state index is 12.3. The summed E-state index contributed by atoms with van der Waals surface area (Å²) in [5, 5.41) is 22.4. The molecule has 0 bridgehead atoms. The van der Waals surface area contributed by atoms with Gasteiger partial charge in [0.1, 0.15) is 0 Å². The third-order valence-corrected chi connectivity index (χ3v) is 4.00. The minimum absolute atomic E-state index is 0.0157. The Morgan fingerprint density at radius 2 is 2.00 bits per heavy atom. The number of benzene rings is 1. The quantitative estimate of drug-likeness (QED) is 0.569. The van der Waals surface area contributed by atoms with E-state index in [0.29, 0.717) is 0 Å². The van der Waals surface area contributed by atoms with Crippen molar-refractivity contribution in [2.75, 3.05) is 13.7 Å². The van der Waals surface area contributed by atoms with Crippen molar-refractivity contribution in [2.45, 2.75) is 38.1 Å². The molecule has 5 heteroatoms. The second-order valence-electron chi connectivity index (χ2n) is 5.56. The van der Waals surface area contributed by atoms with E-state index in [1.54, 1.807) is 0 Å². The van der Waals surface area contributed by atoms with Crippen LogP contribution in [0, 0.1) is 0 Å². The molecule has 0 unspecified atom stereocenters. The average molecular weight is 279 g/mol. The van der Waals surface area contributed by atoms with Crippen LogP contribution in [-0.4, -0.2) is 35.2 Å². The summed E-state index contributed by atoms with van der Waals surface area (Å²) < 4.78 is 5.02. The Bertz CT molecular complexity index is 507. The van der Waals surface area contributed by atoms with E-state index in [4.69, 9.17) is 4.74 Å². The SMILES string of the molecule is COc1c(C(=O)CNC2(C)CCCC2)ccc(O)c1O. The molecule has 1 aromatic rings. The number of phenols is 2. The molecule has 3 N–H and O–H groups in total. The summed E-state index contributed by atoms with van der Waals surface area (Å²) in [7, 11) is 1.36. The molecule has 0 aliphatic heterocycles. The minimum atomic E-state index is -0.398. The number of carbonyl (C=O) groups is 1. The van der Waals surface area contributed by atoms with E-state index >= 15 is 0 Å². The Morgan fingerprint density at radius 3 is 2.60 bits per heavy atom. The first-order valence-electron chi connectivity index (χ1n) is 6.84. The fraction of sp³-hybridized carbons (Fsp3) is 0.533. The first-order valence-corrected chi connectivity index (χ1v) is 6.84. The lowest BCUT2D eigenvalue weighted by Gasteiger charge is -2.25. The minimum Gasteiger partial charge on any atom is -0.504 e. The summed E-state index contributed by atoms with van der Waals surface area (Å²) in [5.74, 6) is -0.835. The Kier molecular flexibility index (Phi) is 4.18. The Hall–Kier alpha value is -1.75. The molecular formula is C15H21NO4. The number of rotatable bonds is 5. The van der Waals surface area contributed by atoms with Gasteiger partial charge in [0.2, 0.25) is 5.75 Å². The second-order valence-corrected chi connectivity index (χ2v) is 5.56. The summed E-state index contributed by atoms with van der Waals surface area (Å²) in [6, 6.07) is 2.76. The molecule has 0 radical (unpaired) electrons. The maximum Gasteiger partial charge on any atom is 0.201 e. The van der Waals surface area contributed by atoms with Crippen molar-refractivity contribution in [1.29, 1.82) is 0 Å². The number of aromatic hydroxyl groups is 2. The van der Waals surface area contributed by atoms with Crippen LogP contribution in [0.4, 0.5) is 0 Å². The third-order valence-electron chi connectivity index (χ3n) is 4.00. The average Bonchev–Trinajstić information content (AvgIpc) is 2.86. The fourth-order valence-corrected chi connectivity index (χ4v) is 2.71. The predicted molar refractivity (Wildman–Crippen MR) is 75.5 cm³/mol. The van der Waals surface area contributed by atoms with Gasteiger partial charge in [0.05, 0.1) is 19.2 Å². The van der Waals surface area contributed by atoms with Crippen LogP contribution in [0.25, 0.3) is 0 Å². The topological polar surface area (TPSA) is 78.8 Å². The zero-order chi connectivity index (χ0) is 14.8. The van der Waals surface area contributed by atoms with Crippen LogP contribution < -0.4 is 10.1 Å². The van der Waals surface area contributed by atoms with Gasteiger partial charge in [-0.15, -0.1) is 0 Å². The molecule has 0 aromatic heterocycles. The van der Waals surface area contributed by atoms with Crippen molar-refractivity contribution in [3.8, 4) is 17.2 Å². The standard InChI is InChI=1S/C15H21NO4/c1-15(7-3-4-8-15)16-9-12(18)10-5-6-11(17)13(19)14(10)20-2/h5-6,16-17,19H,3-4,7-9H2,1-2H3. The summed E-state index contributed by atoms with van der Waals surface area (Å²) in [6.45, 7) is 2.32. The van der Waals surface area contributed by atoms with Crippen LogP contribution >= 0.6 is 0 Å². The Labute approximate surface area is 118 Å². The zero-order valence-electron chi connectivity index (χ0n) is 11.9. The van der Waals surface area contributed by atoms with Gasteiger partial charge >= 0.3 is 0 Å². The van der Waals surface area contributed by atoms with E-state index in [-0.39, 0.29) is 34.9 Å². The molecular weight excluding hydrogens is 258 g/mol. The van der Waals surface area contributed by atoms with Crippen LogP contribution in [0.15, 0.2) is 12.1 Å². The van der Waals surface area contributed by atoms with Crippen molar-refractivity contribution in [1.82, 2.24) is 5.32 Å². The predicted octanol–water partition coefficient (Wildman–Crippen LogP) is 2.21. The van der Waals surface area contributed by atoms with Crippen LogP contribution in [0.3, 0.4) is 0 Å². The summed E-state index contributed by atoms with van der Waals surface area (Å²) >= 11 is 0. The lowest BCUT2D eigenvalue weighted by atomic mass is 10.00. The number of Topliss-reactive ketones (excluding diaryl/α,β-unsaturated/α-hetero) is 1. The molecule has 0 amide bonds. The number of ether oxygens (including phenoxy) is 1. The summed E-state index contributed by atoms with van der Waals surface area (Å²) in [5.41, 5.74) is 0.291. The van der Waals surface area contributed by atoms with Crippen LogP contribution in [-0.2, 0) is 0 Å². The van der Waals surface area contributed by atoms with Gasteiger partial charge in [-0.25, -0.2) is 0 Å². The van der Waals surface area contributed by atoms with E-state index in [1.807, 2.05) is 0 Å². The van der Waals surface area contributed by atoms with Gasteiger partial charge in [0.15, 0.2) is 17.3 Å². The summed E-state index contributed by atoms with van der Waals surface area (Å²) in [6.07, 6.45) is 4.50. The number of hydrogen-bond donors (Lipinski definition) is 3. The molecule has 0 atom stereocenters. The molecule has 2 rings (SSSR count). The van der Waals surface area contributed by atoms with Crippen molar-refractivity contribution < 1.29 is 19.7 Å². The lowest BCUT2D eigenvalue weighted by molar-refractivity contribution is 0.0975. The fourth-order valence-electron chi connectivity index (χ4n) is 2.71. The lowest BCUT2D eigenvalue weighted by Crippen LogP contribution is -2.42. The highest BCUT2D eigenvalue weighted by molar-refractivity contribution is 6.01. The molecule has 110 valence electrons. The van der Waals surface area contributed by atoms with E-state index in [0.717, 1.165) is 12.8 Å². The highest BCUT2D eigenvalue weighted by Gasteiger charge is 2.29. The highest BCUT2D eigenvalue weighted by atomic mass is 16.5. The molecule has 0 heterocycles. The smallest absolute Gasteiger partial charge is 0.201 e. The third kappa shape index (κ3) is 2.88. The van der Waals surface area contributed by atoms with Crippen LogP contribution in [0.5, 0.6) is 17.2 Å². The van der Waals surface area contributed by atoms with Gasteiger partial charge in [0, 0.05) is 5.54 Å². The van der Waals surface area contributed by atoms with Gasteiger partial charge in [-0.3, -0.25) is 4.79 Å². The van der Waals surface area contributed by atoms with E-state index in [2.05, 4.69) is 12.2 Å². The summed E-state index contributed by atoms with van der Waals surface area (Å²) in [4.78, 5) is 12.3. The van der Waals surface area contributed by atoms with Crippen molar-refractivity contribution in [2.24, 2.45) is 0 Å². The first-order chi connectivity index (χ1) is 9.47. The molecule has 0 spiro atoms. The number of methoxy groups -OCH3 is 1. The van der Waals surface area contributed by atoms with Gasteiger partial charge in [0.25, 0.3) is 0 Å². The maximum absolute atomic E-state index is 12.3. The van der Waals surface area contributed by atoms with E-state index in [9.17, 15) is 15.0 Å². The molecule has 20 heavy (non-hydrogen) atoms. The highest BCUT2D eigenvalue weighted by Crippen LogP contribution is 2.38. The van der Waals surface area contributed by atoms with Crippen LogP contribution in [0.1, 0.15) is 43.0 Å². The first kappa shape index (κ1) is 14.7. The molecule has 1 fully saturated rings. The Balaban J connectivity index is 2.11. The number of hydrogen-bond acceptors (Lipinski definition) is 5. The van der Waals surface area contributed by atoms with Crippen molar-refractivity contribution >= 4 is 5.78 Å². The Morgan fingerprint density at radius 1 is 1.35 bits per heavy atom. The number of phenolic OH excluding ortho intramolecular Hbond substituents is 2. The van der Waals surface area contributed by atoms with Gasteiger partial charge in [-0.05, 0) is 31.9 Å². The second kappa shape index (κ2) is 5.71. The van der Waals surface area contributed by atoms with E-state index in [1.165, 1.54) is 32.1 Å².